The zero-order valence-corrected chi connectivity index (χ0v) is 25.4. The molecule has 0 atom stereocenters. The van der Waals surface area contributed by atoms with Gasteiger partial charge in [0.05, 0.1) is 71.5 Å². The summed E-state index contributed by atoms with van der Waals surface area (Å²) in [4.78, 5) is 37.8. The average molecular weight is 609 g/mol. The lowest BCUT2D eigenvalue weighted by atomic mass is 10.0. The highest BCUT2D eigenvalue weighted by Crippen LogP contribution is 2.52. The van der Waals surface area contributed by atoms with Crippen LogP contribution in [-0.4, -0.2) is 82.3 Å². The normalized spacial score (nSPS) is 13.4. The van der Waals surface area contributed by atoms with Gasteiger partial charge in [0.1, 0.15) is 0 Å². The van der Waals surface area contributed by atoms with Gasteiger partial charge >= 0.3 is 5.97 Å². The van der Waals surface area contributed by atoms with Crippen molar-refractivity contribution in [2.75, 3.05) is 64.3 Å². The van der Waals surface area contributed by atoms with Crippen molar-refractivity contribution >= 4 is 34.6 Å². The van der Waals surface area contributed by atoms with E-state index in [1.807, 2.05) is 23.1 Å². The highest BCUT2D eigenvalue weighted by atomic mass is 16.6. The predicted molar refractivity (Wildman–Crippen MR) is 167 cm³/mol. The van der Waals surface area contributed by atoms with Gasteiger partial charge in [-0.3, -0.25) is 14.4 Å². The molecule has 0 bridgehead atoms. The van der Waals surface area contributed by atoms with E-state index in [-0.39, 0.29) is 31.3 Å². The lowest BCUT2D eigenvalue weighted by molar-refractivity contribution is -0.138. The van der Waals surface area contributed by atoms with Gasteiger partial charge in [-0.1, -0.05) is 48.9 Å². The summed E-state index contributed by atoms with van der Waals surface area (Å²) in [7, 11) is 0. The summed E-state index contributed by atoms with van der Waals surface area (Å²) in [5.41, 5.74) is 7.38. The van der Waals surface area contributed by atoms with Gasteiger partial charge in [0.25, 0.3) is 0 Å². The molecule has 0 unspecified atom stereocenters. The molecule has 0 aromatic heterocycles. The first-order chi connectivity index (χ1) is 21.5. The van der Waals surface area contributed by atoms with E-state index in [1.54, 1.807) is 0 Å². The van der Waals surface area contributed by atoms with Crippen molar-refractivity contribution in [2.45, 2.75) is 51.5 Å². The van der Waals surface area contributed by atoms with Crippen molar-refractivity contribution in [3.63, 3.8) is 0 Å². The number of ether oxygens (including phenoxy) is 4. The van der Waals surface area contributed by atoms with Crippen LogP contribution in [0.25, 0.3) is 11.1 Å². The highest BCUT2D eigenvalue weighted by molar-refractivity contribution is 6.12. The fraction of sp³-hybridized carbons (Fsp3) is 0.500. The maximum Gasteiger partial charge on any atom is 0.305 e. The van der Waals surface area contributed by atoms with E-state index in [9.17, 15) is 14.4 Å². The van der Waals surface area contributed by atoms with Crippen molar-refractivity contribution in [3.05, 3.63) is 65.2 Å². The van der Waals surface area contributed by atoms with Crippen molar-refractivity contribution in [1.82, 2.24) is 5.32 Å². The van der Waals surface area contributed by atoms with Gasteiger partial charge in [-0.2, -0.15) is 0 Å². The SMILES string of the molecule is O=C(O)CCOCCOCCOCCOCCC(=O)NCCCCCC(=O)N1Cc2ccccc2C2=C(C2)c2ccccc21. The molecule has 4 rings (SSSR count). The Morgan fingerprint density at radius 2 is 1.27 bits per heavy atom. The Labute approximate surface area is 259 Å². The van der Waals surface area contributed by atoms with Crippen LogP contribution in [-0.2, 0) is 39.9 Å². The fourth-order valence-electron chi connectivity index (χ4n) is 5.16. The van der Waals surface area contributed by atoms with E-state index in [2.05, 4.69) is 35.6 Å². The molecule has 2 aromatic carbocycles. The number of nitrogens with one attached hydrogen (secondary N) is 1. The molecule has 44 heavy (non-hydrogen) atoms. The number of nitrogens with zero attached hydrogens (tertiary/aromatic N) is 1. The zero-order chi connectivity index (χ0) is 31.0. The largest absolute Gasteiger partial charge is 0.481 e. The molecule has 0 fully saturated rings. The van der Waals surface area contributed by atoms with Crippen LogP contribution in [0, 0.1) is 0 Å². The van der Waals surface area contributed by atoms with Gasteiger partial charge < -0.3 is 34.3 Å². The number of carbonyl (C=O) groups excluding carboxylic acids is 2. The third-order valence-corrected chi connectivity index (χ3v) is 7.52. The Kier molecular flexibility index (Phi) is 13.9. The Morgan fingerprint density at radius 1 is 0.682 bits per heavy atom. The smallest absolute Gasteiger partial charge is 0.305 e. The molecule has 238 valence electrons. The summed E-state index contributed by atoms with van der Waals surface area (Å²) >= 11 is 0. The maximum atomic E-state index is 13.4. The number of anilines is 1. The number of allylic oxidation sites excluding steroid dienone is 2. The lowest BCUT2D eigenvalue weighted by Gasteiger charge is -2.27. The number of hydrogen-bond acceptors (Lipinski definition) is 7. The van der Waals surface area contributed by atoms with Crippen LogP contribution < -0.4 is 10.2 Å². The molecular weight excluding hydrogens is 564 g/mol. The second-order valence-electron chi connectivity index (χ2n) is 10.8. The van der Waals surface area contributed by atoms with Gasteiger partial charge in [-0.25, -0.2) is 0 Å². The van der Waals surface area contributed by atoms with Crippen molar-refractivity contribution in [2.24, 2.45) is 0 Å². The summed E-state index contributed by atoms with van der Waals surface area (Å²) in [6, 6.07) is 16.6. The maximum absolute atomic E-state index is 13.4. The Balaban J connectivity index is 1.01. The molecule has 1 aliphatic heterocycles. The number of carbonyl (C=O) groups is 3. The van der Waals surface area contributed by atoms with E-state index in [0.29, 0.717) is 65.8 Å². The third-order valence-electron chi connectivity index (χ3n) is 7.52. The van der Waals surface area contributed by atoms with Crippen LogP contribution >= 0.6 is 0 Å². The van der Waals surface area contributed by atoms with Crippen LogP contribution in [0.4, 0.5) is 5.69 Å². The second kappa shape index (κ2) is 18.3. The van der Waals surface area contributed by atoms with E-state index in [0.717, 1.165) is 31.4 Å². The molecule has 10 nitrogen and oxygen atoms in total. The zero-order valence-electron chi connectivity index (χ0n) is 25.4. The first-order valence-electron chi connectivity index (χ1n) is 15.5. The quantitative estimate of drug-likeness (QED) is 0.199. The average Bonchev–Trinajstić information content (AvgIpc) is 3.81. The first kappa shape index (κ1) is 33.3. The van der Waals surface area contributed by atoms with Gasteiger partial charge in [-0.05, 0) is 47.6 Å². The lowest BCUT2D eigenvalue weighted by Crippen LogP contribution is -2.31. The molecule has 0 radical (unpaired) electrons. The monoisotopic (exact) mass is 608 g/mol. The number of hydrogen-bond donors (Lipinski definition) is 2. The van der Waals surface area contributed by atoms with Gasteiger partial charge in [-0.15, -0.1) is 0 Å². The van der Waals surface area contributed by atoms with Crippen molar-refractivity contribution < 1.29 is 38.4 Å². The van der Waals surface area contributed by atoms with E-state index in [4.69, 9.17) is 24.1 Å². The molecule has 2 aromatic rings. The van der Waals surface area contributed by atoms with Crippen LogP contribution in [0.2, 0.25) is 0 Å². The predicted octanol–water partition coefficient (Wildman–Crippen LogP) is 4.46. The van der Waals surface area contributed by atoms with Crippen LogP contribution in [0.5, 0.6) is 0 Å². The van der Waals surface area contributed by atoms with Crippen LogP contribution in [0.3, 0.4) is 0 Å². The molecule has 2 aliphatic rings. The molecule has 1 aliphatic carbocycles. The van der Waals surface area contributed by atoms with E-state index >= 15 is 0 Å². The van der Waals surface area contributed by atoms with Crippen LogP contribution in [0.1, 0.15) is 61.6 Å². The van der Waals surface area contributed by atoms with Crippen molar-refractivity contribution in [1.29, 1.82) is 0 Å². The van der Waals surface area contributed by atoms with Crippen LogP contribution in [0.15, 0.2) is 48.5 Å². The first-order valence-corrected chi connectivity index (χ1v) is 15.5. The minimum Gasteiger partial charge on any atom is -0.481 e. The topological polar surface area (TPSA) is 124 Å². The number of unbranched alkanes of at least 4 members (excludes halogenated alkanes) is 2. The molecule has 2 N–H and O–H groups in total. The minimum absolute atomic E-state index is 0.0142. The number of rotatable bonds is 21. The molecule has 0 saturated carbocycles. The molecule has 2 amide bonds. The van der Waals surface area contributed by atoms with Gasteiger partial charge in [0, 0.05) is 24.9 Å². The van der Waals surface area contributed by atoms with Crippen molar-refractivity contribution in [3.8, 4) is 0 Å². The number of amides is 2. The number of carboxylic acid groups (broad SMARTS) is 1. The summed E-state index contributed by atoms with van der Waals surface area (Å²) in [5.74, 6) is -0.800. The third kappa shape index (κ3) is 10.9. The molecule has 10 heteroatoms. The Bertz CT molecular complexity index is 1280. The summed E-state index contributed by atoms with van der Waals surface area (Å²) in [5, 5.41) is 11.4. The fourth-order valence-corrected chi connectivity index (χ4v) is 5.16. The number of carboxylic acids is 1. The van der Waals surface area contributed by atoms with E-state index in [1.165, 1.54) is 27.8 Å². The molecule has 1 heterocycles. The summed E-state index contributed by atoms with van der Waals surface area (Å²) in [6.07, 6.45) is 4.19. The molecule has 0 spiro atoms. The molecular formula is C34H44N2O8. The minimum atomic E-state index is -0.883. The second-order valence-corrected chi connectivity index (χ2v) is 10.8. The summed E-state index contributed by atoms with van der Waals surface area (Å²) < 4.78 is 21.3. The highest BCUT2D eigenvalue weighted by Gasteiger charge is 2.32. The number of aliphatic carboxylic acids is 1. The number of fused-ring (bicyclic) bond motifs is 4. The Morgan fingerprint density at radius 3 is 1.98 bits per heavy atom. The molecule has 0 saturated heterocycles. The summed E-state index contributed by atoms with van der Waals surface area (Å²) in [6.45, 7) is 4.04. The van der Waals surface area contributed by atoms with Gasteiger partial charge in [0.2, 0.25) is 11.8 Å². The Hall–Kier alpha value is -3.57. The number of benzene rings is 2. The number of para-hydroxylation sites is 1. The standard InChI is InChI=1S/C34H44N2O8/c37-32(13-16-41-18-20-43-22-23-44-21-19-42-17-14-34(39)40)35-15-7-1-2-12-33(38)36-25-26-8-3-4-9-27(26)29-24-30(29)28-10-5-6-11-31(28)36/h3-6,8-11H,1-2,7,12-25H2,(H,35,37)(H,39,40). The van der Waals surface area contributed by atoms with Gasteiger partial charge in [0.15, 0.2) is 0 Å². The van der Waals surface area contributed by atoms with E-state index < -0.39 is 5.97 Å².